The fourth-order valence-electron chi connectivity index (χ4n) is 2.75. The minimum atomic E-state index is -0.570. The van der Waals surface area contributed by atoms with Gasteiger partial charge in [-0.3, -0.25) is 19.3 Å². The number of fused-ring (bicyclic) bond motifs is 1. The maximum absolute atomic E-state index is 13.4. The number of imide groups is 1. The van der Waals surface area contributed by atoms with Crippen molar-refractivity contribution in [3.05, 3.63) is 65.0 Å². The average molecular weight is 371 g/mol. The van der Waals surface area contributed by atoms with E-state index < -0.39 is 23.6 Å². The van der Waals surface area contributed by atoms with Crippen molar-refractivity contribution in [1.82, 2.24) is 4.90 Å². The van der Waals surface area contributed by atoms with Gasteiger partial charge in [-0.1, -0.05) is 23.8 Å². The minimum Gasteiger partial charge on any atom is -0.487 e. The van der Waals surface area contributed by atoms with E-state index in [2.05, 4.69) is 0 Å². The summed E-state index contributed by atoms with van der Waals surface area (Å²) in [4.78, 5) is 37.5. The van der Waals surface area contributed by atoms with Crippen LogP contribution in [0.3, 0.4) is 0 Å². The summed E-state index contributed by atoms with van der Waals surface area (Å²) in [6.07, 6.45) is -0.121. The molecule has 0 atom stereocenters. The maximum atomic E-state index is 13.4. The topological polar surface area (TPSA) is 72.9 Å². The zero-order valence-electron chi connectivity index (χ0n) is 14.7. The normalized spacial score (nSPS) is 12.9. The highest BCUT2D eigenvalue weighted by molar-refractivity contribution is 6.21. The molecule has 27 heavy (non-hydrogen) atoms. The number of amides is 2. The van der Waals surface area contributed by atoms with E-state index >= 15 is 0 Å². The lowest BCUT2D eigenvalue weighted by molar-refractivity contribution is -0.144. The van der Waals surface area contributed by atoms with Gasteiger partial charge in [0.15, 0.2) is 11.6 Å². The van der Waals surface area contributed by atoms with Gasteiger partial charge < -0.3 is 9.47 Å². The molecule has 0 fully saturated rings. The summed E-state index contributed by atoms with van der Waals surface area (Å²) in [6.45, 7) is 1.72. The molecule has 2 aromatic carbocycles. The number of nitrogens with zero attached hydrogens (tertiary/aromatic N) is 1. The third-order valence-electron chi connectivity index (χ3n) is 4.11. The molecule has 6 nitrogen and oxygen atoms in total. The smallest absolute Gasteiger partial charge is 0.307 e. The van der Waals surface area contributed by atoms with E-state index in [1.165, 1.54) is 12.1 Å². The molecule has 1 aliphatic heterocycles. The van der Waals surface area contributed by atoms with Crippen molar-refractivity contribution in [1.29, 1.82) is 0 Å². The van der Waals surface area contributed by atoms with Crippen LogP contribution in [0.25, 0.3) is 0 Å². The van der Waals surface area contributed by atoms with Crippen molar-refractivity contribution in [2.45, 2.75) is 13.3 Å². The average Bonchev–Trinajstić information content (AvgIpc) is 2.88. The monoisotopic (exact) mass is 371 g/mol. The molecule has 1 heterocycles. The van der Waals surface area contributed by atoms with E-state index in [0.717, 1.165) is 10.5 Å². The van der Waals surface area contributed by atoms with Crippen LogP contribution >= 0.6 is 0 Å². The van der Waals surface area contributed by atoms with Crippen molar-refractivity contribution in [2.75, 3.05) is 19.8 Å². The number of benzene rings is 2. The van der Waals surface area contributed by atoms with Crippen LogP contribution in [0, 0.1) is 12.7 Å². The summed E-state index contributed by atoms with van der Waals surface area (Å²) >= 11 is 0. The Balaban J connectivity index is 1.44. The standard InChI is InChI=1S/C20H18FNO5/c1-13-6-7-14-15(12-13)20(25)22(19(14)24)9-8-18(23)27-11-10-26-17-5-3-2-4-16(17)21/h2-7,12H,8-11H2,1H3. The van der Waals surface area contributed by atoms with Crippen LogP contribution in [0.15, 0.2) is 42.5 Å². The van der Waals surface area contributed by atoms with Gasteiger partial charge in [0.05, 0.1) is 17.5 Å². The van der Waals surface area contributed by atoms with E-state index in [1.807, 2.05) is 6.92 Å². The van der Waals surface area contributed by atoms with Gasteiger partial charge in [-0.2, -0.15) is 0 Å². The van der Waals surface area contributed by atoms with E-state index in [9.17, 15) is 18.8 Å². The SMILES string of the molecule is Cc1ccc2c(c1)C(=O)N(CCC(=O)OCCOc1ccccc1F)C2=O. The molecular formula is C20H18FNO5. The van der Waals surface area contributed by atoms with Gasteiger partial charge in [-0.15, -0.1) is 0 Å². The number of aryl methyl sites for hydroxylation is 1. The highest BCUT2D eigenvalue weighted by atomic mass is 19.1. The number of esters is 1. The molecule has 0 radical (unpaired) electrons. The third kappa shape index (κ3) is 4.13. The maximum Gasteiger partial charge on any atom is 0.307 e. The summed E-state index contributed by atoms with van der Waals surface area (Å²) in [5.41, 5.74) is 1.58. The highest BCUT2D eigenvalue weighted by Gasteiger charge is 2.35. The largest absolute Gasteiger partial charge is 0.487 e. The van der Waals surface area contributed by atoms with Gasteiger partial charge in [0.2, 0.25) is 0 Å². The predicted molar refractivity (Wildman–Crippen MR) is 94.0 cm³/mol. The Labute approximate surface area is 155 Å². The molecule has 2 aromatic rings. The van der Waals surface area contributed by atoms with Crippen molar-refractivity contribution in [3.8, 4) is 5.75 Å². The summed E-state index contributed by atoms with van der Waals surface area (Å²) in [5.74, 6) is -1.81. The third-order valence-corrected chi connectivity index (χ3v) is 4.11. The van der Waals surface area contributed by atoms with E-state index in [0.29, 0.717) is 11.1 Å². The molecule has 7 heteroatoms. The molecule has 140 valence electrons. The first-order valence-electron chi connectivity index (χ1n) is 8.47. The molecule has 3 rings (SSSR count). The number of carbonyl (C=O) groups is 3. The predicted octanol–water partition coefficient (Wildman–Crippen LogP) is 2.74. The number of carbonyl (C=O) groups excluding carboxylic acids is 3. The fraction of sp³-hybridized carbons (Fsp3) is 0.250. The molecule has 0 aliphatic carbocycles. The lowest BCUT2D eigenvalue weighted by Crippen LogP contribution is -2.32. The number of halogens is 1. The van der Waals surface area contributed by atoms with Crippen LogP contribution in [0.2, 0.25) is 0 Å². The Hall–Kier alpha value is -3.22. The first kappa shape index (κ1) is 18.6. The van der Waals surface area contributed by atoms with E-state index in [1.54, 1.807) is 30.3 Å². The molecule has 0 saturated carbocycles. The Morgan fingerprint density at radius 1 is 1.04 bits per heavy atom. The first-order valence-corrected chi connectivity index (χ1v) is 8.47. The van der Waals surface area contributed by atoms with Gasteiger partial charge >= 0.3 is 5.97 Å². The van der Waals surface area contributed by atoms with E-state index in [4.69, 9.17) is 9.47 Å². The van der Waals surface area contributed by atoms with Gasteiger partial charge in [0, 0.05) is 6.54 Å². The summed E-state index contributed by atoms with van der Waals surface area (Å²) in [5, 5.41) is 0. The minimum absolute atomic E-state index is 0.00102. The van der Waals surface area contributed by atoms with E-state index in [-0.39, 0.29) is 31.9 Å². The number of hydrogen-bond acceptors (Lipinski definition) is 5. The van der Waals surface area contributed by atoms with Crippen molar-refractivity contribution >= 4 is 17.8 Å². The highest BCUT2D eigenvalue weighted by Crippen LogP contribution is 2.24. The fourth-order valence-corrected chi connectivity index (χ4v) is 2.75. The van der Waals surface area contributed by atoms with Crippen LogP contribution in [0.1, 0.15) is 32.7 Å². The first-order chi connectivity index (χ1) is 13.0. The van der Waals surface area contributed by atoms with Crippen LogP contribution in [0.4, 0.5) is 4.39 Å². The Bertz CT molecular complexity index is 896. The summed E-state index contributed by atoms with van der Waals surface area (Å²) in [7, 11) is 0. The second-order valence-electron chi connectivity index (χ2n) is 6.06. The van der Waals surface area contributed by atoms with Gasteiger partial charge in [0.1, 0.15) is 13.2 Å². The molecule has 1 aliphatic rings. The molecule has 0 aromatic heterocycles. The van der Waals surface area contributed by atoms with Crippen molar-refractivity contribution in [3.63, 3.8) is 0 Å². The molecule has 0 bridgehead atoms. The lowest BCUT2D eigenvalue weighted by Gasteiger charge is -2.13. The van der Waals surface area contributed by atoms with Crippen LogP contribution in [0.5, 0.6) is 5.75 Å². The number of ether oxygens (including phenoxy) is 2. The summed E-state index contributed by atoms with van der Waals surface area (Å²) < 4.78 is 23.6. The van der Waals surface area contributed by atoms with Crippen LogP contribution < -0.4 is 4.74 Å². The quantitative estimate of drug-likeness (QED) is 0.425. The second kappa shape index (κ2) is 7.99. The number of rotatable bonds is 7. The Kier molecular flexibility index (Phi) is 5.49. The molecule has 0 spiro atoms. The molecule has 0 saturated heterocycles. The number of para-hydroxylation sites is 1. The van der Waals surface area contributed by atoms with Gasteiger partial charge in [-0.25, -0.2) is 4.39 Å². The lowest BCUT2D eigenvalue weighted by atomic mass is 10.1. The zero-order chi connectivity index (χ0) is 19.4. The number of hydrogen-bond donors (Lipinski definition) is 0. The summed E-state index contributed by atoms with van der Waals surface area (Å²) in [6, 6.07) is 11.0. The van der Waals surface area contributed by atoms with Gasteiger partial charge in [-0.05, 0) is 31.2 Å². The van der Waals surface area contributed by atoms with Crippen molar-refractivity contribution < 1.29 is 28.2 Å². The molecule has 2 amide bonds. The molecular weight excluding hydrogens is 353 g/mol. The molecule has 0 unspecified atom stereocenters. The Morgan fingerprint density at radius 2 is 1.78 bits per heavy atom. The van der Waals surface area contributed by atoms with Crippen LogP contribution in [-0.2, 0) is 9.53 Å². The Morgan fingerprint density at radius 3 is 2.56 bits per heavy atom. The van der Waals surface area contributed by atoms with Crippen molar-refractivity contribution in [2.24, 2.45) is 0 Å². The van der Waals surface area contributed by atoms with Gasteiger partial charge in [0.25, 0.3) is 11.8 Å². The molecule has 0 N–H and O–H groups in total. The van der Waals surface area contributed by atoms with Crippen LogP contribution in [-0.4, -0.2) is 42.4 Å². The second-order valence-corrected chi connectivity index (χ2v) is 6.06. The zero-order valence-corrected chi connectivity index (χ0v) is 14.7.